The Labute approximate surface area is 112 Å². The number of nitrogens with zero attached hydrogens (tertiary/aromatic N) is 1. The van der Waals surface area contributed by atoms with E-state index in [9.17, 15) is 4.39 Å². The number of aryl methyl sites for hydroxylation is 1. The van der Waals surface area contributed by atoms with Crippen LogP contribution in [0.5, 0.6) is 0 Å². The van der Waals surface area contributed by atoms with E-state index in [1.165, 1.54) is 12.1 Å². The fourth-order valence-electron chi connectivity index (χ4n) is 1.91. The quantitative estimate of drug-likeness (QED) is 0.891. The van der Waals surface area contributed by atoms with Gasteiger partial charge in [0.25, 0.3) is 0 Å². The zero-order chi connectivity index (χ0) is 13.8. The first-order valence-corrected chi connectivity index (χ1v) is 6.13. The fourth-order valence-corrected chi connectivity index (χ4v) is 1.91. The number of hydrogen-bond donors (Lipinski definition) is 1. The maximum atomic E-state index is 13.2. The number of benzene rings is 2. The summed E-state index contributed by atoms with van der Waals surface area (Å²) in [7, 11) is 0. The van der Waals surface area contributed by atoms with E-state index in [2.05, 4.69) is 11.4 Å². The summed E-state index contributed by atoms with van der Waals surface area (Å²) >= 11 is 0. The van der Waals surface area contributed by atoms with Crippen molar-refractivity contribution in [2.75, 3.05) is 5.32 Å². The predicted molar refractivity (Wildman–Crippen MR) is 74.3 cm³/mol. The Balaban J connectivity index is 2.18. The second-order valence-electron chi connectivity index (χ2n) is 4.56. The number of anilines is 1. The summed E-state index contributed by atoms with van der Waals surface area (Å²) in [6.07, 6.45) is 0. The minimum Gasteiger partial charge on any atom is -0.378 e. The number of nitriles is 1. The highest BCUT2D eigenvalue weighted by Crippen LogP contribution is 2.23. The van der Waals surface area contributed by atoms with Gasteiger partial charge < -0.3 is 5.32 Å². The average molecular weight is 254 g/mol. The van der Waals surface area contributed by atoms with Gasteiger partial charge in [-0.2, -0.15) is 5.26 Å². The molecule has 0 fully saturated rings. The number of rotatable bonds is 3. The van der Waals surface area contributed by atoms with Crippen LogP contribution in [0.15, 0.2) is 42.5 Å². The third-order valence-corrected chi connectivity index (χ3v) is 3.11. The van der Waals surface area contributed by atoms with Crippen LogP contribution in [-0.2, 0) is 0 Å². The molecule has 2 aromatic rings. The molecule has 0 heterocycles. The zero-order valence-electron chi connectivity index (χ0n) is 10.9. The Hall–Kier alpha value is -2.34. The predicted octanol–water partition coefficient (Wildman–Crippen LogP) is 4.18. The van der Waals surface area contributed by atoms with Crippen molar-refractivity contribution in [3.05, 3.63) is 65.0 Å². The molecule has 0 bridgehead atoms. The van der Waals surface area contributed by atoms with E-state index in [1.54, 1.807) is 18.2 Å². The van der Waals surface area contributed by atoms with Gasteiger partial charge in [-0.25, -0.2) is 4.39 Å². The lowest BCUT2D eigenvalue weighted by Gasteiger charge is -2.17. The first-order valence-electron chi connectivity index (χ1n) is 6.13. The van der Waals surface area contributed by atoms with Gasteiger partial charge in [0.1, 0.15) is 5.82 Å². The van der Waals surface area contributed by atoms with Crippen LogP contribution in [0.3, 0.4) is 0 Å². The lowest BCUT2D eigenvalue weighted by molar-refractivity contribution is 0.627. The molecule has 96 valence electrons. The van der Waals surface area contributed by atoms with Crippen molar-refractivity contribution in [2.24, 2.45) is 0 Å². The van der Waals surface area contributed by atoms with Gasteiger partial charge in [-0.15, -0.1) is 0 Å². The first-order chi connectivity index (χ1) is 9.10. The molecule has 1 unspecified atom stereocenters. The van der Waals surface area contributed by atoms with E-state index < -0.39 is 0 Å². The Morgan fingerprint density at radius 1 is 1.16 bits per heavy atom. The third-order valence-electron chi connectivity index (χ3n) is 3.11. The number of halogens is 1. The normalized spacial score (nSPS) is 11.7. The molecule has 0 aliphatic carbocycles. The van der Waals surface area contributed by atoms with Crippen LogP contribution in [0, 0.1) is 24.1 Å². The van der Waals surface area contributed by atoms with Crippen LogP contribution >= 0.6 is 0 Å². The van der Waals surface area contributed by atoms with Crippen molar-refractivity contribution in [1.29, 1.82) is 5.26 Å². The third kappa shape index (κ3) is 3.11. The summed E-state index contributed by atoms with van der Waals surface area (Å²) in [5.74, 6) is -0.250. The lowest BCUT2D eigenvalue weighted by Crippen LogP contribution is -2.07. The lowest BCUT2D eigenvalue weighted by atomic mass is 10.1. The largest absolute Gasteiger partial charge is 0.378 e. The molecule has 2 aromatic carbocycles. The summed E-state index contributed by atoms with van der Waals surface area (Å²) in [5.41, 5.74) is 3.49. The molecule has 0 aliphatic heterocycles. The van der Waals surface area contributed by atoms with E-state index in [0.717, 1.165) is 16.8 Å². The smallest absolute Gasteiger partial charge is 0.125 e. The molecule has 0 saturated carbocycles. The van der Waals surface area contributed by atoms with E-state index >= 15 is 0 Å². The van der Waals surface area contributed by atoms with Gasteiger partial charge in [-0.05, 0) is 49.2 Å². The van der Waals surface area contributed by atoms with Crippen molar-refractivity contribution in [1.82, 2.24) is 0 Å². The minimum atomic E-state index is -0.250. The topological polar surface area (TPSA) is 35.8 Å². The molecule has 0 aliphatic rings. The van der Waals surface area contributed by atoms with Gasteiger partial charge in [0.2, 0.25) is 0 Å². The summed E-state index contributed by atoms with van der Waals surface area (Å²) in [6.45, 7) is 3.94. The summed E-state index contributed by atoms with van der Waals surface area (Å²) in [5, 5.41) is 12.0. The van der Waals surface area contributed by atoms with E-state index in [4.69, 9.17) is 5.26 Å². The highest BCUT2D eigenvalue weighted by Gasteiger charge is 2.07. The van der Waals surface area contributed by atoms with Crippen LogP contribution in [-0.4, -0.2) is 0 Å². The molecule has 0 saturated heterocycles. The molecule has 0 aromatic heterocycles. The average Bonchev–Trinajstić information content (AvgIpc) is 2.43. The molecule has 0 amide bonds. The molecule has 3 heteroatoms. The molecule has 2 rings (SSSR count). The molecule has 1 N–H and O–H groups in total. The van der Waals surface area contributed by atoms with Gasteiger partial charge in [0.05, 0.1) is 11.6 Å². The first kappa shape index (κ1) is 13.1. The van der Waals surface area contributed by atoms with Crippen LogP contribution in [0.25, 0.3) is 0 Å². The molecular formula is C16H15FN2. The van der Waals surface area contributed by atoms with Crippen molar-refractivity contribution >= 4 is 5.69 Å². The Morgan fingerprint density at radius 2 is 1.84 bits per heavy atom. The standard InChI is InChI=1S/C16H15FN2/c1-11-3-8-15(17)9-16(11)19-12(2)14-6-4-13(10-18)5-7-14/h3-9,12,19H,1-2H3. The van der Waals surface area contributed by atoms with Crippen molar-refractivity contribution in [3.63, 3.8) is 0 Å². The maximum absolute atomic E-state index is 13.2. The Morgan fingerprint density at radius 3 is 2.47 bits per heavy atom. The van der Waals surface area contributed by atoms with Gasteiger partial charge in [0.15, 0.2) is 0 Å². The molecule has 0 radical (unpaired) electrons. The SMILES string of the molecule is Cc1ccc(F)cc1NC(C)c1ccc(C#N)cc1. The summed E-state index contributed by atoms with van der Waals surface area (Å²) < 4.78 is 13.2. The fraction of sp³-hybridized carbons (Fsp3) is 0.188. The molecule has 2 nitrogen and oxygen atoms in total. The second-order valence-corrected chi connectivity index (χ2v) is 4.56. The Kier molecular flexibility index (Phi) is 3.82. The van der Waals surface area contributed by atoms with E-state index in [-0.39, 0.29) is 11.9 Å². The molecule has 0 spiro atoms. The highest BCUT2D eigenvalue weighted by molar-refractivity contribution is 5.52. The van der Waals surface area contributed by atoms with Gasteiger partial charge >= 0.3 is 0 Å². The monoisotopic (exact) mass is 254 g/mol. The van der Waals surface area contributed by atoms with Crippen LogP contribution in [0.4, 0.5) is 10.1 Å². The number of nitrogens with one attached hydrogen (secondary N) is 1. The van der Waals surface area contributed by atoms with Gasteiger partial charge in [-0.3, -0.25) is 0 Å². The number of hydrogen-bond acceptors (Lipinski definition) is 2. The molecular weight excluding hydrogens is 239 g/mol. The van der Waals surface area contributed by atoms with Gasteiger partial charge in [0, 0.05) is 11.7 Å². The second kappa shape index (κ2) is 5.53. The zero-order valence-corrected chi connectivity index (χ0v) is 10.9. The van der Waals surface area contributed by atoms with Gasteiger partial charge in [-0.1, -0.05) is 18.2 Å². The maximum Gasteiger partial charge on any atom is 0.125 e. The highest BCUT2D eigenvalue weighted by atomic mass is 19.1. The van der Waals surface area contributed by atoms with E-state index in [0.29, 0.717) is 5.56 Å². The van der Waals surface area contributed by atoms with Crippen molar-refractivity contribution in [3.8, 4) is 6.07 Å². The van der Waals surface area contributed by atoms with Crippen LogP contribution < -0.4 is 5.32 Å². The molecule has 19 heavy (non-hydrogen) atoms. The summed E-state index contributed by atoms with van der Waals surface area (Å²) in [6, 6.07) is 14.2. The summed E-state index contributed by atoms with van der Waals surface area (Å²) in [4.78, 5) is 0. The Bertz CT molecular complexity index is 612. The van der Waals surface area contributed by atoms with Crippen molar-refractivity contribution < 1.29 is 4.39 Å². The van der Waals surface area contributed by atoms with E-state index in [1.807, 2.05) is 26.0 Å². The van der Waals surface area contributed by atoms with Crippen LogP contribution in [0.2, 0.25) is 0 Å². The molecule has 1 atom stereocenters. The minimum absolute atomic E-state index is 0.0493. The van der Waals surface area contributed by atoms with Crippen molar-refractivity contribution in [2.45, 2.75) is 19.9 Å². The van der Waals surface area contributed by atoms with Crippen LogP contribution in [0.1, 0.15) is 29.7 Å².